The van der Waals surface area contributed by atoms with Crippen LogP contribution in [0.15, 0.2) is 40.7 Å². The Morgan fingerprint density at radius 2 is 2.04 bits per heavy atom. The van der Waals surface area contributed by atoms with E-state index in [1.54, 1.807) is 35.6 Å². The molecule has 8 heteroatoms. The molecule has 0 aliphatic rings. The molecule has 1 atom stereocenters. The summed E-state index contributed by atoms with van der Waals surface area (Å²) in [5.41, 5.74) is 12.7. The van der Waals surface area contributed by atoms with Gasteiger partial charge >= 0.3 is 0 Å². The van der Waals surface area contributed by atoms with E-state index in [-0.39, 0.29) is 30.4 Å². The number of nitrogens with one attached hydrogen (secondary N) is 2. The van der Waals surface area contributed by atoms with Crippen LogP contribution in [0.1, 0.15) is 40.2 Å². The van der Waals surface area contributed by atoms with E-state index in [1.807, 2.05) is 25.3 Å². The van der Waals surface area contributed by atoms with Crippen molar-refractivity contribution < 1.29 is 9.59 Å². The molecule has 7 nitrogen and oxygen atoms in total. The van der Waals surface area contributed by atoms with Crippen LogP contribution in [0.4, 0.5) is 5.69 Å². The molecule has 2 rings (SSSR count). The maximum Gasteiger partial charge on any atom is 0.251 e. The fourth-order valence-corrected chi connectivity index (χ4v) is 3.53. The first-order valence-corrected chi connectivity index (χ1v) is 9.10. The fraction of sp³-hybridized carbons (Fsp3) is 0.278. The Hall–Kier alpha value is -2.87. The summed E-state index contributed by atoms with van der Waals surface area (Å²) in [4.78, 5) is 29.5. The van der Waals surface area contributed by atoms with E-state index in [4.69, 9.17) is 11.5 Å². The lowest BCUT2D eigenvalue weighted by molar-refractivity contribution is -0.120. The Morgan fingerprint density at radius 3 is 2.65 bits per heavy atom. The van der Waals surface area contributed by atoms with E-state index in [1.165, 1.54) is 0 Å². The van der Waals surface area contributed by atoms with Gasteiger partial charge in [-0.15, -0.1) is 11.3 Å². The molecule has 0 fully saturated rings. The van der Waals surface area contributed by atoms with Crippen molar-refractivity contribution in [1.82, 2.24) is 10.6 Å². The molecular formula is C18H23N5O2S. The highest BCUT2D eigenvalue weighted by Crippen LogP contribution is 2.25. The zero-order valence-electron chi connectivity index (χ0n) is 14.8. The van der Waals surface area contributed by atoms with Crippen molar-refractivity contribution in [2.75, 3.05) is 6.54 Å². The summed E-state index contributed by atoms with van der Waals surface area (Å²) in [5, 5.41) is 7.57. The molecule has 0 saturated carbocycles. The summed E-state index contributed by atoms with van der Waals surface area (Å²) in [6.45, 7) is 3.93. The number of hydrogen-bond donors (Lipinski definition) is 4. The van der Waals surface area contributed by atoms with Crippen molar-refractivity contribution in [3.8, 4) is 0 Å². The number of nitrogens with zero attached hydrogens (tertiary/aromatic N) is 1. The average Bonchev–Trinajstić information content (AvgIpc) is 3.03. The molecule has 1 aromatic carbocycles. The van der Waals surface area contributed by atoms with Crippen LogP contribution in [0.5, 0.6) is 0 Å². The zero-order chi connectivity index (χ0) is 19.1. The lowest BCUT2D eigenvalue weighted by Crippen LogP contribution is -2.38. The number of guanidine groups is 1. The summed E-state index contributed by atoms with van der Waals surface area (Å²) < 4.78 is 0. The molecule has 0 saturated heterocycles. The summed E-state index contributed by atoms with van der Waals surface area (Å²) in [6, 6.07) is 8.51. The quantitative estimate of drug-likeness (QED) is 0.437. The molecule has 1 aromatic heterocycles. The molecule has 1 unspecified atom stereocenters. The highest BCUT2D eigenvalue weighted by Gasteiger charge is 2.16. The molecule has 138 valence electrons. The van der Waals surface area contributed by atoms with E-state index in [0.717, 1.165) is 16.9 Å². The Balaban J connectivity index is 1.93. The Kier molecular flexibility index (Phi) is 6.74. The van der Waals surface area contributed by atoms with Crippen LogP contribution in [-0.4, -0.2) is 24.3 Å². The van der Waals surface area contributed by atoms with Crippen LogP contribution in [0.25, 0.3) is 0 Å². The number of benzene rings is 1. The van der Waals surface area contributed by atoms with Crippen LogP contribution in [0.3, 0.4) is 0 Å². The lowest BCUT2D eigenvalue weighted by Gasteiger charge is -2.17. The predicted molar refractivity (Wildman–Crippen MR) is 104 cm³/mol. The summed E-state index contributed by atoms with van der Waals surface area (Å²) in [7, 11) is 0. The molecule has 2 aromatic rings. The number of thiophene rings is 1. The SMILES string of the molecule is CCC(NC(=O)CNC(=O)c1cccc(N=C(N)N)c1)c1sccc1C. The topological polar surface area (TPSA) is 123 Å². The van der Waals surface area contributed by atoms with Crippen LogP contribution in [0, 0.1) is 6.92 Å². The molecule has 1 heterocycles. The van der Waals surface area contributed by atoms with Gasteiger partial charge in [0.05, 0.1) is 18.3 Å². The van der Waals surface area contributed by atoms with Crippen molar-refractivity contribution in [3.63, 3.8) is 0 Å². The molecule has 6 N–H and O–H groups in total. The molecule has 26 heavy (non-hydrogen) atoms. The van der Waals surface area contributed by atoms with Gasteiger partial charge in [-0.25, -0.2) is 4.99 Å². The smallest absolute Gasteiger partial charge is 0.251 e. The molecule has 0 aliphatic heterocycles. The molecule has 0 radical (unpaired) electrons. The third-order valence-corrected chi connectivity index (χ3v) is 4.87. The number of aryl methyl sites for hydroxylation is 1. The average molecular weight is 373 g/mol. The van der Waals surface area contributed by atoms with Crippen LogP contribution >= 0.6 is 11.3 Å². The van der Waals surface area contributed by atoms with Crippen molar-refractivity contribution in [2.45, 2.75) is 26.3 Å². The van der Waals surface area contributed by atoms with E-state index in [0.29, 0.717) is 11.3 Å². The number of amides is 2. The summed E-state index contributed by atoms with van der Waals surface area (Å²) in [6.07, 6.45) is 0.779. The number of rotatable bonds is 7. The lowest BCUT2D eigenvalue weighted by atomic mass is 10.1. The van der Waals surface area contributed by atoms with Crippen LogP contribution < -0.4 is 22.1 Å². The molecule has 0 spiro atoms. The molecule has 0 bridgehead atoms. The maximum atomic E-state index is 12.2. The van der Waals surface area contributed by atoms with E-state index < -0.39 is 0 Å². The first-order valence-electron chi connectivity index (χ1n) is 8.22. The minimum absolute atomic E-state index is 0.0513. The van der Waals surface area contributed by atoms with Gasteiger partial charge in [-0.3, -0.25) is 9.59 Å². The monoisotopic (exact) mass is 373 g/mol. The van der Waals surface area contributed by atoms with E-state index in [2.05, 4.69) is 15.6 Å². The first kappa shape index (κ1) is 19.5. The van der Waals surface area contributed by atoms with Gasteiger partial charge in [0, 0.05) is 10.4 Å². The largest absolute Gasteiger partial charge is 0.370 e. The third kappa shape index (κ3) is 5.32. The summed E-state index contributed by atoms with van der Waals surface area (Å²) in [5.74, 6) is -0.692. The minimum Gasteiger partial charge on any atom is -0.370 e. The van der Waals surface area contributed by atoms with Gasteiger partial charge in [-0.05, 0) is 48.6 Å². The van der Waals surface area contributed by atoms with Gasteiger partial charge in [0.2, 0.25) is 5.91 Å². The zero-order valence-corrected chi connectivity index (χ0v) is 15.6. The van der Waals surface area contributed by atoms with Crippen molar-refractivity contribution >= 4 is 34.8 Å². The van der Waals surface area contributed by atoms with Gasteiger partial charge in [-0.2, -0.15) is 0 Å². The molecule has 2 amide bonds. The van der Waals surface area contributed by atoms with Crippen molar-refractivity contribution in [1.29, 1.82) is 0 Å². The number of hydrogen-bond acceptors (Lipinski definition) is 4. The minimum atomic E-state index is -0.367. The van der Waals surface area contributed by atoms with E-state index in [9.17, 15) is 9.59 Å². The number of carbonyl (C=O) groups excluding carboxylic acids is 2. The first-order chi connectivity index (χ1) is 12.4. The van der Waals surface area contributed by atoms with Crippen molar-refractivity contribution in [2.24, 2.45) is 16.5 Å². The van der Waals surface area contributed by atoms with Gasteiger partial charge in [0.25, 0.3) is 5.91 Å². The van der Waals surface area contributed by atoms with Crippen molar-refractivity contribution in [3.05, 3.63) is 51.7 Å². The second-order valence-corrected chi connectivity index (χ2v) is 6.71. The highest BCUT2D eigenvalue weighted by atomic mass is 32.1. The molecular weight excluding hydrogens is 350 g/mol. The van der Waals surface area contributed by atoms with Gasteiger partial charge in [0.15, 0.2) is 5.96 Å². The Labute approximate surface area is 156 Å². The highest BCUT2D eigenvalue weighted by molar-refractivity contribution is 7.10. The summed E-state index contributed by atoms with van der Waals surface area (Å²) >= 11 is 1.62. The number of aliphatic imine (C=N–C) groups is 1. The number of carbonyl (C=O) groups is 2. The standard InChI is InChI=1S/C18H23N5O2S/c1-3-14(16-11(2)7-8-26-16)23-15(24)10-21-17(25)12-5-4-6-13(9-12)22-18(19)20/h4-9,14H,3,10H2,1-2H3,(H,21,25)(H,23,24)(H4,19,20,22). The molecule has 0 aliphatic carbocycles. The van der Waals surface area contributed by atoms with E-state index >= 15 is 0 Å². The third-order valence-electron chi connectivity index (χ3n) is 3.74. The van der Waals surface area contributed by atoms with Gasteiger partial charge < -0.3 is 22.1 Å². The second kappa shape index (κ2) is 9.00. The maximum absolute atomic E-state index is 12.2. The number of nitrogens with two attached hydrogens (primary N) is 2. The van der Waals surface area contributed by atoms with Crippen LogP contribution in [0.2, 0.25) is 0 Å². The van der Waals surface area contributed by atoms with Crippen LogP contribution in [-0.2, 0) is 4.79 Å². The van der Waals surface area contributed by atoms with Gasteiger partial charge in [0.1, 0.15) is 0 Å². The Morgan fingerprint density at radius 1 is 1.27 bits per heavy atom. The normalized spacial score (nSPS) is 11.5. The fourth-order valence-electron chi connectivity index (χ4n) is 2.47. The second-order valence-electron chi connectivity index (χ2n) is 5.77. The Bertz CT molecular complexity index is 811. The van der Waals surface area contributed by atoms with Gasteiger partial charge in [-0.1, -0.05) is 13.0 Å². The predicted octanol–water partition coefficient (Wildman–Crippen LogP) is 1.96.